The zero-order chi connectivity index (χ0) is 14.5. The monoisotopic (exact) mass is 282 g/mol. The van der Waals surface area contributed by atoms with Gasteiger partial charge in [-0.3, -0.25) is 4.90 Å². The Kier molecular flexibility index (Phi) is 4.58. The SMILES string of the molecule is CCC1CNC(c2ccccc2)CN1Cc1ccncn1. The lowest BCUT2D eigenvalue weighted by Gasteiger charge is -2.40. The number of nitrogens with zero attached hydrogens (tertiary/aromatic N) is 3. The molecule has 1 aliphatic heterocycles. The summed E-state index contributed by atoms with van der Waals surface area (Å²) in [4.78, 5) is 10.9. The van der Waals surface area contributed by atoms with E-state index in [1.54, 1.807) is 6.33 Å². The molecule has 1 saturated heterocycles. The predicted molar refractivity (Wildman–Crippen MR) is 83.7 cm³/mol. The Bertz CT molecular complexity index is 543. The highest BCUT2D eigenvalue weighted by Crippen LogP contribution is 2.22. The molecule has 2 heterocycles. The van der Waals surface area contributed by atoms with Crippen molar-refractivity contribution >= 4 is 0 Å². The van der Waals surface area contributed by atoms with E-state index in [0.29, 0.717) is 12.1 Å². The number of rotatable bonds is 4. The molecule has 2 atom stereocenters. The fourth-order valence-corrected chi connectivity index (χ4v) is 2.98. The van der Waals surface area contributed by atoms with Crippen molar-refractivity contribution in [2.24, 2.45) is 0 Å². The molecule has 0 bridgehead atoms. The summed E-state index contributed by atoms with van der Waals surface area (Å²) in [6.45, 7) is 5.20. The number of benzene rings is 1. The molecule has 2 aromatic rings. The van der Waals surface area contributed by atoms with Gasteiger partial charge in [0.05, 0.1) is 5.69 Å². The number of hydrogen-bond donors (Lipinski definition) is 1. The van der Waals surface area contributed by atoms with Crippen molar-refractivity contribution < 1.29 is 0 Å². The van der Waals surface area contributed by atoms with Crippen LogP contribution in [-0.4, -0.2) is 34.0 Å². The van der Waals surface area contributed by atoms with Gasteiger partial charge in [0.2, 0.25) is 0 Å². The van der Waals surface area contributed by atoms with Crippen LogP contribution >= 0.6 is 0 Å². The largest absolute Gasteiger partial charge is 0.307 e. The van der Waals surface area contributed by atoms with Gasteiger partial charge in [0.25, 0.3) is 0 Å². The topological polar surface area (TPSA) is 41.0 Å². The summed E-state index contributed by atoms with van der Waals surface area (Å²) < 4.78 is 0. The first kappa shape index (κ1) is 14.2. The summed E-state index contributed by atoms with van der Waals surface area (Å²) in [5.74, 6) is 0. The van der Waals surface area contributed by atoms with E-state index in [1.807, 2.05) is 12.3 Å². The van der Waals surface area contributed by atoms with Crippen LogP contribution in [0.4, 0.5) is 0 Å². The van der Waals surface area contributed by atoms with Crippen LogP contribution in [0.2, 0.25) is 0 Å². The first-order valence-corrected chi connectivity index (χ1v) is 7.64. The third kappa shape index (κ3) is 3.46. The molecule has 1 fully saturated rings. The third-order valence-electron chi connectivity index (χ3n) is 4.21. The van der Waals surface area contributed by atoms with Gasteiger partial charge in [0.15, 0.2) is 0 Å². The summed E-state index contributed by atoms with van der Waals surface area (Å²) in [6, 6.07) is 13.7. The van der Waals surface area contributed by atoms with E-state index in [0.717, 1.165) is 31.7 Å². The van der Waals surface area contributed by atoms with Crippen LogP contribution in [0.1, 0.15) is 30.6 Å². The minimum absolute atomic E-state index is 0.399. The molecule has 3 rings (SSSR count). The summed E-state index contributed by atoms with van der Waals surface area (Å²) in [6.07, 6.45) is 4.60. The Morgan fingerprint density at radius 1 is 1.24 bits per heavy atom. The molecule has 0 spiro atoms. The molecule has 0 aliphatic carbocycles. The lowest BCUT2D eigenvalue weighted by Crippen LogP contribution is -2.52. The fraction of sp³-hybridized carbons (Fsp3) is 0.412. The maximum Gasteiger partial charge on any atom is 0.115 e. The first-order chi connectivity index (χ1) is 10.4. The highest BCUT2D eigenvalue weighted by molar-refractivity contribution is 5.20. The number of nitrogens with one attached hydrogen (secondary N) is 1. The average Bonchev–Trinajstić information content (AvgIpc) is 2.56. The number of piperazine rings is 1. The van der Waals surface area contributed by atoms with Crippen molar-refractivity contribution in [3.05, 3.63) is 60.2 Å². The molecule has 1 aliphatic rings. The van der Waals surface area contributed by atoms with E-state index in [9.17, 15) is 0 Å². The maximum absolute atomic E-state index is 4.37. The van der Waals surface area contributed by atoms with Crippen molar-refractivity contribution in [2.75, 3.05) is 13.1 Å². The Balaban J connectivity index is 1.73. The summed E-state index contributed by atoms with van der Waals surface area (Å²) >= 11 is 0. The van der Waals surface area contributed by atoms with Gasteiger partial charge in [0.1, 0.15) is 6.33 Å². The molecule has 21 heavy (non-hydrogen) atoms. The highest BCUT2D eigenvalue weighted by atomic mass is 15.2. The van der Waals surface area contributed by atoms with Gasteiger partial charge in [0, 0.05) is 37.9 Å². The lowest BCUT2D eigenvalue weighted by atomic mass is 10.0. The Hall–Kier alpha value is -1.78. The Morgan fingerprint density at radius 2 is 2.10 bits per heavy atom. The molecule has 0 radical (unpaired) electrons. The average molecular weight is 282 g/mol. The second-order valence-electron chi connectivity index (χ2n) is 5.56. The summed E-state index contributed by atoms with van der Waals surface area (Å²) in [5, 5.41) is 3.68. The van der Waals surface area contributed by atoms with Crippen molar-refractivity contribution in [3.8, 4) is 0 Å². The van der Waals surface area contributed by atoms with E-state index in [1.165, 1.54) is 5.56 Å². The van der Waals surface area contributed by atoms with Crippen molar-refractivity contribution in [1.29, 1.82) is 0 Å². The van der Waals surface area contributed by atoms with Crippen LogP contribution in [0, 0.1) is 0 Å². The van der Waals surface area contributed by atoms with Gasteiger partial charge in [-0.1, -0.05) is 37.3 Å². The van der Waals surface area contributed by atoms with E-state index in [4.69, 9.17) is 0 Å². The lowest BCUT2D eigenvalue weighted by molar-refractivity contribution is 0.117. The number of aromatic nitrogens is 2. The highest BCUT2D eigenvalue weighted by Gasteiger charge is 2.27. The molecular weight excluding hydrogens is 260 g/mol. The van der Waals surface area contributed by atoms with E-state index < -0.39 is 0 Å². The van der Waals surface area contributed by atoms with Crippen LogP contribution in [0.15, 0.2) is 48.9 Å². The molecule has 1 aromatic heterocycles. The van der Waals surface area contributed by atoms with Crippen LogP contribution in [0.25, 0.3) is 0 Å². The summed E-state index contributed by atoms with van der Waals surface area (Å²) in [5.41, 5.74) is 2.46. The molecule has 0 saturated carbocycles. The van der Waals surface area contributed by atoms with Gasteiger partial charge in [-0.2, -0.15) is 0 Å². The van der Waals surface area contributed by atoms with E-state index in [-0.39, 0.29) is 0 Å². The number of hydrogen-bond acceptors (Lipinski definition) is 4. The van der Waals surface area contributed by atoms with Gasteiger partial charge >= 0.3 is 0 Å². The summed E-state index contributed by atoms with van der Waals surface area (Å²) in [7, 11) is 0. The second-order valence-corrected chi connectivity index (χ2v) is 5.56. The minimum Gasteiger partial charge on any atom is -0.307 e. The van der Waals surface area contributed by atoms with Gasteiger partial charge < -0.3 is 5.32 Å². The Labute approximate surface area is 126 Å². The van der Waals surface area contributed by atoms with Crippen molar-refractivity contribution in [2.45, 2.75) is 32.0 Å². The fourth-order valence-electron chi connectivity index (χ4n) is 2.98. The molecule has 4 heteroatoms. The third-order valence-corrected chi connectivity index (χ3v) is 4.21. The van der Waals surface area contributed by atoms with Crippen LogP contribution in [-0.2, 0) is 6.54 Å². The first-order valence-electron chi connectivity index (χ1n) is 7.64. The van der Waals surface area contributed by atoms with Gasteiger partial charge in [-0.25, -0.2) is 9.97 Å². The van der Waals surface area contributed by atoms with Gasteiger partial charge in [-0.15, -0.1) is 0 Å². The molecule has 110 valence electrons. The van der Waals surface area contributed by atoms with E-state index in [2.05, 4.69) is 57.4 Å². The van der Waals surface area contributed by atoms with Crippen molar-refractivity contribution in [3.63, 3.8) is 0 Å². The molecule has 2 unspecified atom stereocenters. The maximum atomic E-state index is 4.37. The second kappa shape index (κ2) is 6.78. The predicted octanol–water partition coefficient (Wildman–Crippen LogP) is 2.40. The standard InChI is InChI=1S/C17H22N4/c1-2-16-10-19-17(14-6-4-3-5-7-14)12-21(16)11-15-8-9-18-13-20-15/h3-9,13,16-17,19H,2,10-12H2,1H3. The van der Waals surface area contributed by atoms with Crippen LogP contribution in [0.5, 0.6) is 0 Å². The minimum atomic E-state index is 0.399. The molecule has 1 aromatic carbocycles. The molecule has 1 N–H and O–H groups in total. The van der Waals surface area contributed by atoms with Crippen LogP contribution < -0.4 is 5.32 Å². The van der Waals surface area contributed by atoms with Crippen LogP contribution in [0.3, 0.4) is 0 Å². The van der Waals surface area contributed by atoms with Gasteiger partial charge in [-0.05, 0) is 18.1 Å². The van der Waals surface area contributed by atoms with E-state index >= 15 is 0 Å². The molecule has 0 amide bonds. The Morgan fingerprint density at radius 3 is 2.81 bits per heavy atom. The normalized spacial score (nSPS) is 23.1. The molecule has 4 nitrogen and oxygen atoms in total. The van der Waals surface area contributed by atoms with Crippen molar-refractivity contribution in [1.82, 2.24) is 20.2 Å². The quantitative estimate of drug-likeness (QED) is 0.935. The zero-order valence-electron chi connectivity index (χ0n) is 12.4. The zero-order valence-corrected chi connectivity index (χ0v) is 12.4. The molecular formula is C17H22N4. The smallest absolute Gasteiger partial charge is 0.115 e.